The fourth-order valence-electron chi connectivity index (χ4n) is 2.59. The van der Waals surface area contributed by atoms with Gasteiger partial charge in [-0.05, 0) is 38.5 Å². The Morgan fingerprint density at radius 2 is 2.13 bits per heavy atom. The summed E-state index contributed by atoms with van der Waals surface area (Å²) >= 11 is 0. The van der Waals surface area contributed by atoms with Crippen molar-refractivity contribution in [3.8, 4) is 17.1 Å². The first kappa shape index (κ1) is 14.9. The van der Waals surface area contributed by atoms with Crippen molar-refractivity contribution in [1.82, 2.24) is 14.9 Å². The maximum atomic E-state index is 12.2. The van der Waals surface area contributed by atoms with Crippen molar-refractivity contribution in [2.24, 2.45) is 0 Å². The molecule has 0 saturated heterocycles. The number of esters is 1. The second kappa shape index (κ2) is 5.31. The van der Waals surface area contributed by atoms with Gasteiger partial charge in [-0.2, -0.15) is 4.98 Å². The number of hydrogen-bond acceptors (Lipinski definition) is 7. The molecule has 0 atom stereocenters. The molecule has 8 nitrogen and oxygen atoms in total. The quantitative estimate of drug-likeness (QED) is 0.563. The molecule has 0 amide bonds. The smallest absolute Gasteiger partial charge is 0.340 e. The van der Waals surface area contributed by atoms with E-state index >= 15 is 0 Å². The maximum absolute atomic E-state index is 12.2. The van der Waals surface area contributed by atoms with Crippen LogP contribution in [-0.4, -0.2) is 37.8 Å². The Kier molecular flexibility index (Phi) is 3.44. The molecule has 0 aliphatic carbocycles. The molecule has 3 rings (SSSR count). The zero-order valence-corrected chi connectivity index (χ0v) is 12.8. The average molecular weight is 317 g/mol. The van der Waals surface area contributed by atoms with Crippen LogP contribution in [0, 0.1) is 13.8 Å². The molecule has 120 valence electrons. The lowest BCUT2D eigenvalue weighted by molar-refractivity contribution is 0.0526. The van der Waals surface area contributed by atoms with Gasteiger partial charge >= 0.3 is 12.0 Å². The van der Waals surface area contributed by atoms with E-state index in [0.717, 1.165) is 5.56 Å². The molecular weight excluding hydrogens is 302 g/mol. The van der Waals surface area contributed by atoms with Gasteiger partial charge in [-0.1, -0.05) is 5.16 Å². The van der Waals surface area contributed by atoms with E-state index in [1.165, 1.54) is 0 Å². The molecule has 1 aromatic carbocycles. The Bertz CT molecular complexity index is 890. The number of fused-ring (bicyclic) bond motifs is 1. The van der Waals surface area contributed by atoms with Crippen molar-refractivity contribution in [2.45, 2.75) is 20.8 Å². The van der Waals surface area contributed by atoms with Crippen LogP contribution in [0.25, 0.3) is 22.2 Å². The predicted octanol–water partition coefficient (Wildman–Crippen LogP) is 2.43. The summed E-state index contributed by atoms with van der Waals surface area (Å²) in [6.45, 7) is 5.40. The van der Waals surface area contributed by atoms with E-state index in [9.17, 15) is 15.1 Å². The molecule has 0 aliphatic heterocycles. The minimum absolute atomic E-state index is 0.0801. The molecule has 2 N–H and O–H groups in total. The van der Waals surface area contributed by atoms with Crippen molar-refractivity contribution >= 4 is 17.0 Å². The number of rotatable bonds is 3. The van der Waals surface area contributed by atoms with Gasteiger partial charge in [0.05, 0.1) is 23.4 Å². The molecule has 8 heteroatoms. The topological polar surface area (TPSA) is 111 Å². The number of carbonyl (C=O) groups is 1. The Balaban J connectivity index is 2.32. The fraction of sp³-hybridized carbons (Fsp3) is 0.267. The van der Waals surface area contributed by atoms with Crippen molar-refractivity contribution in [3.63, 3.8) is 0 Å². The van der Waals surface area contributed by atoms with Gasteiger partial charge in [-0.15, -0.1) is 4.73 Å². The van der Waals surface area contributed by atoms with Crippen LogP contribution in [0.2, 0.25) is 0 Å². The van der Waals surface area contributed by atoms with Gasteiger partial charge in [0.15, 0.2) is 0 Å². The minimum atomic E-state index is -0.624. The van der Waals surface area contributed by atoms with Gasteiger partial charge in [-0.3, -0.25) is 0 Å². The van der Waals surface area contributed by atoms with Crippen molar-refractivity contribution in [3.05, 3.63) is 29.2 Å². The van der Waals surface area contributed by atoms with Crippen LogP contribution in [0.4, 0.5) is 0 Å². The standard InChI is InChI=1S/C15H15N3O5/c1-4-22-14(19)10-5-9(12-7(2)17-23-8(12)3)6-11-13(10)18(21)15(20)16-11/h5-6,21H,4H2,1-3H3,(H,16,20). The van der Waals surface area contributed by atoms with E-state index in [2.05, 4.69) is 10.1 Å². The van der Waals surface area contributed by atoms with Crippen LogP contribution in [-0.2, 0) is 4.74 Å². The highest BCUT2D eigenvalue weighted by Gasteiger charge is 2.22. The highest BCUT2D eigenvalue weighted by molar-refractivity contribution is 6.04. The van der Waals surface area contributed by atoms with E-state index in [1.54, 1.807) is 32.9 Å². The first-order valence-corrected chi connectivity index (χ1v) is 6.99. The zero-order chi connectivity index (χ0) is 16.7. The number of aryl methyl sites for hydroxylation is 2. The Hall–Kier alpha value is -3.03. The molecule has 3 aromatic rings. The van der Waals surface area contributed by atoms with Gasteiger partial charge in [-0.25, -0.2) is 4.79 Å². The highest BCUT2D eigenvalue weighted by Crippen LogP contribution is 2.33. The number of aromatic nitrogens is 3. The molecule has 0 bridgehead atoms. The van der Waals surface area contributed by atoms with Crippen LogP contribution < -0.4 is 0 Å². The molecule has 2 heterocycles. The molecular formula is C15H15N3O5. The molecule has 0 radical (unpaired) electrons. The van der Waals surface area contributed by atoms with Crippen LogP contribution in [0.5, 0.6) is 6.01 Å². The number of benzene rings is 1. The predicted molar refractivity (Wildman–Crippen MR) is 79.5 cm³/mol. The number of carbonyl (C=O) groups excluding carboxylic acids is 1. The summed E-state index contributed by atoms with van der Waals surface area (Å²) in [5, 5.41) is 23.4. The number of nitrogens with zero attached hydrogens (tertiary/aromatic N) is 3. The molecule has 0 saturated carbocycles. The normalized spacial score (nSPS) is 11.1. The van der Waals surface area contributed by atoms with Gasteiger partial charge in [0.2, 0.25) is 0 Å². The molecule has 23 heavy (non-hydrogen) atoms. The van der Waals surface area contributed by atoms with Gasteiger partial charge in [0.1, 0.15) is 11.3 Å². The number of ether oxygens (including phenoxy) is 1. The van der Waals surface area contributed by atoms with Crippen LogP contribution >= 0.6 is 0 Å². The van der Waals surface area contributed by atoms with Gasteiger partial charge in [0, 0.05) is 5.56 Å². The van der Waals surface area contributed by atoms with E-state index in [4.69, 9.17) is 9.26 Å². The fourth-order valence-corrected chi connectivity index (χ4v) is 2.59. The summed E-state index contributed by atoms with van der Waals surface area (Å²) in [6.07, 6.45) is 0. The maximum Gasteiger partial charge on any atom is 0.340 e. The third-order valence-corrected chi connectivity index (χ3v) is 3.53. The van der Waals surface area contributed by atoms with Crippen LogP contribution in [0.3, 0.4) is 0 Å². The number of aromatic hydroxyl groups is 1. The van der Waals surface area contributed by atoms with Crippen LogP contribution in [0.15, 0.2) is 16.7 Å². The van der Waals surface area contributed by atoms with E-state index < -0.39 is 12.0 Å². The van der Waals surface area contributed by atoms with E-state index in [-0.39, 0.29) is 23.2 Å². The first-order valence-electron chi connectivity index (χ1n) is 6.99. The number of hydrogen-bond donors (Lipinski definition) is 2. The summed E-state index contributed by atoms with van der Waals surface area (Å²) in [5.41, 5.74) is 2.44. The monoisotopic (exact) mass is 317 g/mol. The summed E-state index contributed by atoms with van der Waals surface area (Å²) in [4.78, 5) is 16.1. The summed E-state index contributed by atoms with van der Waals surface area (Å²) in [6, 6.07) is 2.58. The van der Waals surface area contributed by atoms with E-state index in [1.807, 2.05) is 0 Å². The summed E-state index contributed by atoms with van der Waals surface area (Å²) < 4.78 is 10.6. The molecule has 0 spiro atoms. The average Bonchev–Trinajstić information content (AvgIpc) is 2.98. The Labute approximate surface area is 130 Å². The third kappa shape index (κ3) is 2.28. The molecule has 2 aromatic heterocycles. The molecule has 0 fully saturated rings. The number of imidazole rings is 1. The largest absolute Gasteiger partial charge is 0.478 e. The van der Waals surface area contributed by atoms with Gasteiger partial charge < -0.3 is 19.6 Å². The zero-order valence-electron chi connectivity index (χ0n) is 12.8. The van der Waals surface area contributed by atoms with Crippen molar-refractivity contribution in [2.75, 3.05) is 6.61 Å². The summed E-state index contributed by atoms with van der Waals surface area (Å²) in [5.74, 6) is -0.0365. The Morgan fingerprint density at radius 1 is 1.39 bits per heavy atom. The van der Waals surface area contributed by atoms with Gasteiger partial charge in [0.25, 0.3) is 0 Å². The van der Waals surface area contributed by atoms with E-state index in [0.29, 0.717) is 21.7 Å². The lowest BCUT2D eigenvalue weighted by Gasteiger charge is -2.07. The second-order valence-electron chi connectivity index (χ2n) is 5.03. The van der Waals surface area contributed by atoms with Crippen molar-refractivity contribution in [1.29, 1.82) is 0 Å². The minimum Gasteiger partial charge on any atom is -0.478 e. The van der Waals surface area contributed by atoms with Crippen LogP contribution in [0.1, 0.15) is 28.7 Å². The summed E-state index contributed by atoms with van der Waals surface area (Å²) in [7, 11) is 0. The lowest BCUT2D eigenvalue weighted by atomic mass is 10.0. The SMILES string of the molecule is CCOC(=O)c1cc(-c2c(C)noc2C)cc2nc(O)n(O)c12. The Morgan fingerprint density at radius 3 is 2.74 bits per heavy atom. The first-order chi connectivity index (χ1) is 10.9. The highest BCUT2D eigenvalue weighted by atomic mass is 16.5. The molecule has 0 unspecified atom stereocenters. The lowest BCUT2D eigenvalue weighted by Crippen LogP contribution is -2.07. The molecule has 0 aliphatic rings. The second-order valence-corrected chi connectivity index (χ2v) is 5.03. The van der Waals surface area contributed by atoms with Crippen molar-refractivity contribution < 1.29 is 24.4 Å². The third-order valence-electron chi connectivity index (χ3n) is 3.53.